The normalized spacial score (nSPS) is 34.0. The van der Waals surface area contributed by atoms with Crippen molar-refractivity contribution in [3.05, 3.63) is 0 Å². The SMILES string of the molecule is CCC1CCCNC(=O)[C@H](CC)CCC[C@H](C)CC[C@H]1O. The van der Waals surface area contributed by atoms with Gasteiger partial charge in [-0.25, -0.2) is 0 Å². The van der Waals surface area contributed by atoms with Crippen LogP contribution in [0.25, 0.3) is 0 Å². The van der Waals surface area contributed by atoms with Gasteiger partial charge in [-0.15, -0.1) is 0 Å². The number of hydrogen-bond acceptors (Lipinski definition) is 2. The van der Waals surface area contributed by atoms with E-state index in [0.717, 1.165) is 57.9 Å². The van der Waals surface area contributed by atoms with Crippen LogP contribution in [-0.2, 0) is 4.79 Å². The first-order valence-electron chi connectivity index (χ1n) is 9.04. The van der Waals surface area contributed by atoms with Crippen molar-refractivity contribution in [2.24, 2.45) is 17.8 Å². The quantitative estimate of drug-likeness (QED) is 0.812. The lowest BCUT2D eigenvalue weighted by molar-refractivity contribution is -0.125. The zero-order chi connectivity index (χ0) is 15.7. The van der Waals surface area contributed by atoms with Crippen molar-refractivity contribution in [2.45, 2.75) is 84.7 Å². The van der Waals surface area contributed by atoms with E-state index in [4.69, 9.17) is 0 Å². The molecule has 1 aliphatic heterocycles. The van der Waals surface area contributed by atoms with Crippen molar-refractivity contribution in [1.82, 2.24) is 5.32 Å². The van der Waals surface area contributed by atoms with Crippen LogP contribution in [0.1, 0.15) is 78.6 Å². The number of aliphatic hydroxyl groups excluding tert-OH is 1. The van der Waals surface area contributed by atoms with E-state index >= 15 is 0 Å². The standard InChI is InChI=1S/C18H35NO2/c1-4-15-10-7-13-19-18(21)16(5-2)9-6-8-14(3)11-12-17(15)20/h14-17,20H,4-13H2,1-3H3,(H,19,21)/t14-,15?,16+,17+/m0/s1. The lowest BCUT2D eigenvalue weighted by Gasteiger charge is -2.24. The summed E-state index contributed by atoms with van der Waals surface area (Å²) >= 11 is 0. The van der Waals surface area contributed by atoms with Gasteiger partial charge in [-0.05, 0) is 50.4 Å². The lowest BCUT2D eigenvalue weighted by atomic mass is 9.87. The summed E-state index contributed by atoms with van der Waals surface area (Å²) in [5.74, 6) is 1.46. The van der Waals surface area contributed by atoms with Crippen molar-refractivity contribution in [3.8, 4) is 0 Å². The topological polar surface area (TPSA) is 49.3 Å². The first-order valence-corrected chi connectivity index (χ1v) is 9.04. The molecule has 1 unspecified atom stereocenters. The van der Waals surface area contributed by atoms with Crippen LogP contribution < -0.4 is 5.32 Å². The molecule has 0 spiro atoms. The van der Waals surface area contributed by atoms with Crippen LogP contribution in [0.5, 0.6) is 0 Å². The summed E-state index contributed by atoms with van der Waals surface area (Å²) in [6.07, 6.45) is 9.15. The molecule has 2 N–H and O–H groups in total. The van der Waals surface area contributed by atoms with Gasteiger partial charge < -0.3 is 10.4 Å². The highest BCUT2D eigenvalue weighted by atomic mass is 16.3. The number of carbonyl (C=O) groups excluding carboxylic acids is 1. The molecule has 3 nitrogen and oxygen atoms in total. The summed E-state index contributed by atoms with van der Waals surface area (Å²) < 4.78 is 0. The average molecular weight is 297 g/mol. The summed E-state index contributed by atoms with van der Waals surface area (Å²) in [6.45, 7) is 7.31. The molecule has 1 heterocycles. The first-order chi connectivity index (χ1) is 10.1. The van der Waals surface area contributed by atoms with Crippen molar-refractivity contribution >= 4 is 5.91 Å². The smallest absolute Gasteiger partial charge is 0.223 e. The van der Waals surface area contributed by atoms with E-state index in [0.29, 0.717) is 11.8 Å². The highest BCUT2D eigenvalue weighted by molar-refractivity contribution is 5.78. The Morgan fingerprint density at radius 1 is 1.05 bits per heavy atom. The number of hydrogen-bond donors (Lipinski definition) is 2. The minimum atomic E-state index is -0.167. The molecule has 124 valence electrons. The van der Waals surface area contributed by atoms with E-state index in [1.165, 1.54) is 6.42 Å². The number of aliphatic hydroxyl groups is 1. The average Bonchev–Trinajstić information content (AvgIpc) is 2.48. The molecule has 0 aromatic rings. The predicted molar refractivity (Wildman–Crippen MR) is 88.1 cm³/mol. The third kappa shape index (κ3) is 6.82. The van der Waals surface area contributed by atoms with Crippen LogP contribution in [-0.4, -0.2) is 23.7 Å². The van der Waals surface area contributed by atoms with Gasteiger partial charge in [-0.3, -0.25) is 4.79 Å². The maximum Gasteiger partial charge on any atom is 0.223 e. The van der Waals surface area contributed by atoms with Gasteiger partial charge >= 0.3 is 0 Å². The van der Waals surface area contributed by atoms with Crippen LogP contribution in [0.15, 0.2) is 0 Å². The highest BCUT2D eigenvalue weighted by Crippen LogP contribution is 2.24. The predicted octanol–water partition coefficient (Wildman–Crippen LogP) is 3.90. The molecule has 3 heteroatoms. The van der Waals surface area contributed by atoms with Gasteiger partial charge in [-0.1, -0.05) is 40.0 Å². The Morgan fingerprint density at radius 3 is 2.48 bits per heavy atom. The fraction of sp³-hybridized carbons (Fsp3) is 0.944. The molecular formula is C18H35NO2. The second kappa shape index (κ2) is 10.2. The Morgan fingerprint density at radius 2 is 1.81 bits per heavy atom. The van der Waals surface area contributed by atoms with E-state index in [9.17, 15) is 9.90 Å². The first kappa shape index (κ1) is 18.5. The Balaban J connectivity index is 2.58. The number of amides is 1. The van der Waals surface area contributed by atoms with Gasteiger partial charge in [0.2, 0.25) is 5.91 Å². The Bertz CT molecular complexity index is 293. The van der Waals surface area contributed by atoms with Crippen molar-refractivity contribution in [2.75, 3.05) is 6.54 Å². The summed E-state index contributed by atoms with van der Waals surface area (Å²) in [4.78, 5) is 12.2. The number of rotatable bonds is 2. The fourth-order valence-corrected chi connectivity index (χ4v) is 3.46. The van der Waals surface area contributed by atoms with Crippen molar-refractivity contribution in [3.63, 3.8) is 0 Å². The second-order valence-corrected chi connectivity index (χ2v) is 6.89. The molecule has 0 aromatic carbocycles. The molecule has 21 heavy (non-hydrogen) atoms. The van der Waals surface area contributed by atoms with Gasteiger partial charge in [0.25, 0.3) is 0 Å². The maximum absolute atomic E-state index is 12.2. The molecule has 0 aliphatic carbocycles. The van der Waals surface area contributed by atoms with Crippen LogP contribution in [0.2, 0.25) is 0 Å². The van der Waals surface area contributed by atoms with Gasteiger partial charge in [-0.2, -0.15) is 0 Å². The van der Waals surface area contributed by atoms with Crippen molar-refractivity contribution in [1.29, 1.82) is 0 Å². The van der Waals surface area contributed by atoms with Gasteiger partial charge in [0, 0.05) is 12.5 Å². The maximum atomic E-state index is 12.2. The minimum Gasteiger partial charge on any atom is -0.393 e. The van der Waals surface area contributed by atoms with Crippen LogP contribution in [0.3, 0.4) is 0 Å². The van der Waals surface area contributed by atoms with Crippen molar-refractivity contribution < 1.29 is 9.90 Å². The molecule has 1 fully saturated rings. The zero-order valence-electron chi connectivity index (χ0n) is 14.2. The molecule has 0 saturated carbocycles. The van der Waals surface area contributed by atoms with Gasteiger partial charge in [0.05, 0.1) is 6.10 Å². The Labute approximate surface area is 130 Å². The Kier molecular flexibility index (Phi) is 8.98. The summed E-state index contributed by atoms with van der Waals surface area (Å²) in [6, 6.07) is 0. The molecule has 0 bridgehead atoms. The molecule has 0 aromatic heterocycles. The summed E-state index contributed by atoms with van der Waals surface area (Å²) in [5, 5.41) is 13.4. The molecule has 0 radical (unpaired) electrons. The van der Waals surface area contributed by atoms with E-state index in [1.54, 1.807) is 0 Å². The van der Waals surface area contributed by atoms with E-state index < -0.39 is 0 Å². The molecule has 1 amide bonds. The van der Waals surface area contributed by atoms with Gasteiger partial charge in [0.1, 0.15) is 0 Å². The molecule has 1 aliphatic rings. The third-order valence-electron chi connectivity index (χ3n) is 5.19. The minimum absolute atomic E-state index is 0.167. The molecule has 1 saturated heterocycles. The van der Waals surface area contributed by atoms with E-state index in [-0.39, 0.29) is 17.9 Å². The molecule has 4 atom stereocenters. The number of nitrogens with one attached hydrogen (secondary N) is 1. The van der Waals surface area contributed by atoms with Crippen LogP contribution in [0.4, 0.5) is 0 Å². The second-order valence-electron chi connectivity index (χ2n) is 6.89. The highest BCUT2D eigenvalue weighted by Gasteiger charge is 2.20. The fourth-order valence-electron chi connectivity index (χ4n) is 3.46. The largest absolute Gasteiger partial charge is 0.393 e. The van der Waals surface area contributed by atoms with Gasteiger partial charge in [0.15, 0.2) is 0 Å². The molecule has 1 rings (SSSR count). The summed E-state index contributed by atoms with van der Waals surface area (Å²) in [5.41, 5.74) is 0. The lowest BCUT2D eigenvalue weighted by Crippen LogP contribution is -2.32. The van der Waals surface area contributed by atoms with Crippen LogP contribution >= 0.6 is 0 Å². The van der Waals surface area contributed by atoms with Crippen LogP contribution in [0, 0.1) is 17.8 Å². The zero-order valence-corrected chi connectivity index (χ0v) is 14.2. The molecular weight excluding hydrogens is 262 g/mol. The van der Waals surface area contributed by atoms with E-state index in [2.05, 4.69) is 26.1 Å². The Hall–Kier alpha value is -0.570. The van der Waals surface area contributed by atoms with E-state index in [1.807, 2.05) is 0 Å². The third-order valence-corrected chi connectivity index (χ3v) is 5.19. The number of carbonyl (C=O) groups is 1. The summed E-state index contributed by atoms with van der Waals surface area (Å²) in [7, 11) is 0. The monoisotopic (exact) mass is 297 g/mol.